The number of carbonyl (C=O) groups is 1. The number of hydrogen-bond donors (Lipinski definition) is 1. The Balaban J connectivity index is 1.84. The van der Waals surface area contributed by atoms with Crippen LogP contribution >= 0.6 is 11.6 Å². The first-order valence-electron chi connectivity index (χ1n) is 8.68. The monoisotopic (exact) mass is 399 g/mol. The fraction of sp³-hybridized carbons (Fsp3) is 0.444. The summed E-state index contributed by atoms with van der Waals surface area (Å²) in [4.78, 5) is 17.4. The molecule has 6 nitrogen and oxygen atoms in total. The first kappa shape index (κ1) is 19.4. The molecule has 1 atom stereocenters. The lowest BCUT2D eigenvalue weighted by Crippen LogP contribution is -2.42. The van der Waals surface area contributed by atoms with E-state index in [-0.39, 0.29) is 5.75 Å². The molecule has 0 radical (unpaired) electrons. The van der Waals surface area contributed by atoms with Crippen LogP contribution in [0.2, 0.25) is 5.15 Å². The van der Waals surface area contributed by atoms with Gasteiger partial charge in [-0.3, -0.25) is 4.90 Å². The lowest BCUT2D eigenvalue weighted by molar-refractivity contribution is -0.0498. The number of alkyl halides is 2. The second-order valence-electron chi connectivity index (χ2n) is 6.27. The Morgan fingerprint density at radius 3 is 2.89 bits per heavy atom. The summed E-state index contributed by atoms with van der Waals surface area (Å²) < 4.78 is 31.2. The molecule has 3 rings (SSSR count). The standard InChI is InChI=1S/C18H20ClF2N3O3/c1-2-14-22-16(19)15-13(23(18(25)26)8-9-24(14)15)7-6-11-4-3-5-12(10-11)27-17(20)21/h3-5,10,13,17H,2,6-9H2,1H3,(H,25,26). The highest BCUT2D eigenvalue weighted by Crippen LogP contribution is 2.35. The molecule has 1 amide bonds. The van der Waals surface area contributed by atoms with Crippen LogP contribution < -0.4 is 4.74 Å². The van der Waals surface area contributed by atoms with Gasteiger partial charge in [-0.1, -0.05) is 30.7 Å². The van der Waals surface area contributed by atoms with E-state index in [1.165, 1.54) is 17.0 Å². The van der Waals surface area contributed by atoms with Crippen molar-refractivity contribution in [3.8, 4) is 5.75 Å². The van der Waals surface area contributed by atoms with Gasteiger partial charge in [-0.05, 0) is 30.5 Å². The van der Waals surface area contributed by atoms with Gasteiger partial charge in [0.05, 0.1) is 11.7 Å². The van der Waals surface area contributed by atoms with Crippen LogP contribution in [0.25, 0.3) is 0 Å². The number of aryl methyl sites for hydroxylation is 2. The van der Waals surface area contributed by atoms with E-state index >= 15 is 0 Å². The quantitative estimate of drug-likeness (QED) is 0.783. The summed E-state index contributed by atoms with van der Waals surface area (Å²) in [7, 11) is 0. The van der Waals surface area contributed by atoms with Gasteiger partial charge in [0.2, 0.25) is 0 Å². The molecule has 1 aliphatic heterocycles. The number of benzene rings is 1. The Bertz CT molecular complexity index is 828. The van der Waals surface area contributed by atoms with Crippen molar-refractivity contribution in [3.05, 3.63) is 46.5 Å². The molecule has 1 aliphatic rings. The molecule has 0 aliphatic carbocycles. The first-order chi connectivity index (χ1) is 12.9. The van der Waals surface area contributed by atoms with Crippen molar-refractivity contribution < 1.29 is 23.4 Å². The van der Waals surface area contributed by atoms with Crippen LogP contribution in [0.5, 0.6) is 5.75 Å². The summed E-state index contributed by atoms with van der Waals surface area (Å²) in [6.07, 6.45) is 0.625. The molecular weight excluding hydrogens is 380 g/mol. The second-order valence-corrected chi connectivity index (χ2v) is 6.62. The van der Waals surface area contributed by atoms with Gasteiger partial charge in [-0.25, -0.2) is 9.78 Å². The number of ether oxygens (including phenoxy) is 1. The van der Waals surface area contributed by atoms with Crippen molar-refractivity contribution in [2.75, 3.05) is 6.54 Å². The van der Waals surface area contributed by atoms with Crippen molar-refractivity contribution in [2.24, 2.45) is 0 Å². The Morgan fingerprint density at radius 2 is 2.22 bits per heavy atom. The van der Waals surface area contributed by atoms with Crippen LogP contribution in [0.1, 0.15) is 36.5 Å². The SMILES string of the molecule is CCc1nc(Cl)c2n1CCN(C(=O)O)C2CCc1cccc(OC(F)F)c1. The minimum Gasteiger partial charge on any atom is -0.465 e. The molecule has 0 saturated heterocycles. The van der Waals surface area contributed by atoms with Crippen molar-refractivity contribution in [1.82, 2.24) is 14.5 Å². The molecule has 0 fully saturated rings. The number of carboxylic acid groups (broad SMARTS) is 1. The largest absolute Gasteiger partial charge is 0.465 e. The van der Waals surface area contributed by atoms with Crippen LogP contribution in [-0.2, 0) is 19.4 Å². The van der Waals surface area contributed by atoms with Gasteiger partial charge in [0.25, 0.3) is 0 Å². The number of hydrogen-bond acceptors (Lipinski definition) is 3. The van der Waals surface area contributed by atoms with E-state index in [9.17, 15) is 18.7 Å². The summed E-state index contributed by atoms with van der Waals surface area (Å²) in [5, 5.41) is 9.90. The highest BCUT2D eigenvalue weighted by molar-refractivity contribution is 6.30. The fourth-order valence-corrected chi connectivity index (χ4v) is 3.86. The molecule has 146 valence electrons. The van der Waals surface area contributed by atoms with Crippen molar-refractivity contribution in [1.29, 1.82) is 0 Å². The zero-order valence-corrected chi connectivity index (χ0v) is 15.5. The van der Waals surface area contributed by atoms with Crippen molar-refractivity contribution in [2.45, 2.75) is 45.4 Å². The van der Waals surface area contributed by atoms with E-state index in [0.29, 0.717) is 43.2 Å². The highest BCUT2D eigenvalue weighted by atomic mass is 35.5. The predicted molar refractivity (Wildman–Crippen MR) is 95.5 cm³/mol. The Morgan fingerprint density at radius 1 is 1.44 bits per heavy atom. The lowest BCUT2D eigenvalue weighted by Gasteiger charge is -2.35. The number of aromatic nitrogens is 2. The van der Waals surface area contributed by atoms with Crippen LogP contribution in [-0.4, -0.2) is 38.8 Å². The average Bonchev–Trinajstić information content (AvgIpc) is 2.95. The molecule has 1 N–H and O–H groups in total. The minimum atomic E-state index is -2.89. The van der Waals surface area contributed by atoms with Gasteiger partial charge in [-0.2, -0.15) is 8.78 Å². The number of nitrogens with zero attached hydrogens (tertiary/aromatic N) is 3. The maximum atomic E-state index is 12.4. The van der Waals surface area contributed by atoms with Crippen LogP contribution in [0.15, 0.2) is 24.3 Å². The van der Waals surface area contributed by atoms with Gasteiger partial charge >= 0.3 is 12.7 Å². The van der Waals surface area contributed by atoms with E-state index in [2.05, 4.69) is 9.72 Å². The highest BCUT2D eigenvalue weighted by Gasteiger charge is 2.34. The molecule has 1 aromatic heterocycles. The van der Waals surface area contributed by atoms with Gasteiger partial charge in [-0.15, -0.1) is 0 Å². The predicted octanol–water partition coefficient (Wildman–Crippen LogP) is 4.37. The first-order valence-corrected chi connectivity index (χ1v) is 9.06. The summed E-state index contributed by atoms with van der Waals surface area (Å²) in [5.74, 6) is 0.912. The third kappa shape index (κ3) is 4.16. The summed E-state index contributed by atoms with van der Waals surface area (Å²) in [6, 6.07) is 5.98. The van der Waals surface area contributed by atoms with E-state index in [1.54, 1.807) is 12.1 Å². The molecule has 0 saturated carbocycles. The number of imidazole rings is 1. The van der Waals surface area contributed by atoms with Gasteiger partial charge < -0.3 is 14.4 Å². The molecule has 0 spiro atoms. The number of fused-ring (bicyclic) bond motifs is 1. The third-order valence-corrected chi connectivity index (χ3v) is 4.97. The molecule has 2 heterocycles. The molecular formula is C18H20ClF2N3O3. The van der Waals surface area contributed by atoms with E-state index < -0.39 is 18.7 Å². The van der Waals surface area contributed by atoms with Crippen LogP contribution in [0.3, 0.4) is 0 Å². The molecule has 0 bridgehead atoms. The topological polar surface area (TPSA) is 67.6 Å². The maximum absolute atomic E-state index is 12.4. The fourth-order valence-electron chi connectivity index (χ4n) is 3.53. The molecule has 2 aromatic rings. The van der Waals surface area contributed by atoms with E-state index in [4.69, 9.17) is 11.6 Å². The number of amides is 1. The summed E-state index contributed by atoms with van der Waals surface area (Å²) >= 11 is 6.32. The zero-order chi connectivity index (χ0) is 19.6. The number of halogens is 3. The average molecular weight is 400 g/mol. The van der Waals surface area contributed by atoms with Gasteiger partial charge in [0.15, 0.2) is 5.15 Å². The molecule has 1 aromatic carbocycles. The Hall–Kier alpha value is -2.35. The zero-order valence-electron chi connectivity index (χ0n) is 14.7. The molecule has 9 heteroatoms. The molecule has 27 heavy (non-hydrogen) atoms. The van der Waals surface area contributed by atoms with Crippen molar-refractivity contribution in [3.63, 3.8) is 0 Å². The summed E-state index contributed by atoms with van der Waals surface area (Å²) in [5.41, 5.74) is 1.48. The lowest BCUT2D eigenvalue weighted by atomic mass is 10.0. The minimum absolute atomic E-state index is 0.0811. The Labute approximate surface area is 160 Å². The maximum Gasteiger partial charge on any atom is 0.407 e. The Kier molecular flexibility index (Phi) is 5.84. The van der Waals surface area contributed by atoms with E-state index in [0.717, 1.165) is 11.4 Å². The van der Waals surface area contributed by atoms with Crippen LogP contribution in [0.4, 0.5) is 13.6 Å². The van der Waals surface area contributed by atoms with Gasteiger partial charge in [0.1, 0.15) is 11.6 Å². The normalized spacial score (nSPS) is 16.5. The second kappa shape index (κ2) is 8.12. The van der Waals surface area contributed by atoms with Crippen LogP contribution in [0, 0.1) is 0 Å². The van der Waals surface area contributed by atoms with Gasteiger partial charge in [0, 0.05) is 19.5 Å². The summed E-state index contributed by atoms with van der Waals surface area (Å²) in [6.45, 7) is -0.0550. The molecule has 1 unspecified atom stereocenters. The third-order valence-electron chi connectivity index (χ3n) is 4.69. The van der Waals surface area contributed by atoms with E-state index in [1.807, 2.05) is 11.5 Å². The number of rotatable bonds is 6. The smallest absolute Gasteiger partial charge is 0.407 e. The van der Waals surface area contributed by atoms with Crippen molar-refractivity contribution >= 4 is 17.7 Å².